The Hall–Kier alpha value is -1.50. The van der Waals surface area contributed by atoms with E-state index >= 15 is 0 Å². The number of hydrogen-bond acceptors (Lipinski definition) is 3. The number of nitrogens with zero attached hydrogens (tertiary/aromatic N) is 1. The molecule has 0 spiro atoms. The predicted octanol–water partition coefficient (Wildman–Crippen LogP) is 3.35. The monoisotopic (exact) mass is 355 g/mol. The van der Waals surface area contributed by atoms with Gasteiger partial charge in [-0.25, -0.2) is 14.2 Å². The highest BCUT2D eigenvalue weighted by Gasteiger charge is 2.22. The largest absolute Gasteiger partial charge is 0.378 e. The minimum Gasteiger partial charge on any atom is -0.378 e. The maximum atomic E-state index is 14.2. The fourth-order valence-corrected chi connectivity index (χ4v) is 2.46. The van der Waals surface area contributed by atoms with Gasteiger partial charge in [-0.2, -0.15) is 0 Å². The van der Waals surface area contributed by atoms with Crippen LogP contribution in [0.4, 0.5) is 14.5 Å². The normalized spacial score (nSPS) is 12.3. The summed E-state index contributed by atoms with van der Waals surface area (Å²) < 4.78 is 28.4. The molecular formula is C15H16BrF2N3. The van der Waals surface area contributed by atoms with Crippen molar-refractivity contribution < 1.29 is 8.78 Å². The lowest BCUT2D eigenvalue weighted by atomic mass is 9.98. The molecule has 1 atom stereocenters. The number of rotatable bonds is 4. The highest BCUT2D eigenvalue weighted by atomic mass is 79.9. The van der Waals surface area contributed by atoms with Gasteiger partial charge in [0, 0.05) is 25.3 Å². The van der Waals surface area contributed by atoms with Crippen LogP contribution in [0.15, 0.2) is 40.9 Å². The van der Waals surface area contributed by atoms with E-state index in [4.69, 9.17) is 5.84 Å². The smallest absolute Gasteiger partial charge is 0.145 e. The molecule has 1 unspecified atom stereocenters. The van der Waals surface area contributed by atoms with Crippen molar-refractivity contribution in [1.29, 1.82) is 0 Å². The van der Waals surface area contributed by atoms with Crippen molar-refractivity contribution in [3.8, 4) is 0 Å². The van der Waals surface area contributed by atoms with E-state index in [0.29, 0.717) is 5.56 Å². The third kappa shape index (κ3) is 3.23. The number of nitrogens with two attached hydrogens (primary N) is 1. The van der Waals surface area contributed by atoms with Gasteiger partial charge in [0.15, 0.2) is 0 Å². The van der Waals surface area contributed by atoms with Gasteiger partial charge in [-0.3, -0.25) is 5.84 Å². The third-order valence-electron chi connectivity index (χ3n) is 3.28. The number of halogens is 3. The van der Waals surface area contributed by atoms with E-state index in [9.17, 15) is 8.78 Å². The molecule has 0 amide bonds. The maximum Gasteiger partial charge on any atom is 0.145 e. The average molecular weight is 356 g/mol. The van der Waals surface area contributed by atoms with Crippen LogP contribution in [0.1, 0.15) is 17.2 Å². The summed E-state index contributed by atoms with van der Waals surface area (Å²) in [6, 6.07) is 9.09. The minimum atomic E-state index is -0.765. The molecule has 0 bridgehead atoms. The molecule has 0 aliphatic carbocycles. The Bertz CT molecular complexity index is 630. The van der Waals surface area contributed by atoms with E-state index in [1.165, 1.54) is 12.1 Å². The molecule has 2 aromatic carbocycles. The molecule has 0 radical (unpaired) electrons. The van der Waals surface area contributed by atoms with Crippen LogP contribution >= 0.6 is 15.9 Å². The standard InChI is InChI=1S/C15H16BrF2N3/c1-21(2)10-5-3-9(4-6-10)15(20-19)13-12(17)8-7-11(16)14(13)18/h3-8,15,20H,19H2,1-2H3. The van der Waals surface area contributed by atoms with Gasteiger partial charge in [0.1, 0.15) is 11.6 Å². The van der Waals surface area contributed by atoms with Crippen molar-refractivity contribution in [2.75, 3.05) is 19.0 Å². The van der Waals surface area contributed by atoms with E-state index in [0.717, 1.165) is 5.69 Å². The molecule has 0 aliphatic heterocycles. The molecule has 0 fully saturated rings. The maximum absolute atomic E-state index is 14.2. The van der Waals surface area contributed by atoms with Gasteiger partial charge in [0.2, 0.25) is 0 Å². The summed E-state index contributed by atoms with van der Waals surface area (Å²) >= 11 is 3.06. The number of anilines is 1. The Balaban J connectivity index is 2.47. The first kappa shape index (κ1) is 15.9. The molecule has 3 nitrogen and oxygen atoms in total. The van der Waals surface area contributed by atoms with Crippen molar-refractivity contribution in [2.24, 2.45) is 5.84 Å². The summed E-state index contributed by atoms with van der Waals surface area (Å²) in [7, 11) is 3.84. The lowest BCUT2D eigenvalue weighted by Crippen LogP contribution is -2.30. The van der Waals surface area contributed by atoms with Gasteiger partial charge >= 0.3 is 0 Å². The zero-order chi connectivity index (χ0) is 15.6. The Morgan fingerprint density at radius 1 is 1.10 bits per heavy atom. The second kappa shape index (κ2) is 6.51. The van der Waals surface area contributed by atoms with Crippen molar-refractivity contribution in [3.63, 3.8) is 0 Å². The summed E-state index contributed by atoms with van der Waals surface area (Å²) in [4.78, 5) is 1.94. The van der Waals surface area contributed by atoms with Crippen LogP contribution in [0, 0.1) is 11.6 Å². The molecule has 112 valence electrons. The summed E-state index contributed by atoms with van der Waals surface area (Å²) in [6.07, 6.45) is 0. The summed E-state index contributed by atoms with van der Waals surface area (Å²) in [5.41, 5.74) is 4.04. The highest BCUT2D eigenvalue weighted by Crippen LogP contribution is 2.31. The fourth-order valence-electron chi connectivity index (χ4n) is 2.12. The topological polar surface area (TPSA) is 41.3 Å². The Morgan fingerprint density at radius 3 is 2.24 bits per heavy atom. The lowest BCUT2D eigenvalue weighted by Gasteiger charge is -2.20. The van der Waals surface area contributed by atoms with Gasteiger partial charge in [-0.05, 0) is 45.8 Å². The Labute approximate surface area is 130 Å². The second-order valence-electron chi connectivity index (χ2n) is 4.84. The van der Waals surface area contributed by atoms with Crippen LogP contribution in [0.5, 0.6) is 0 Å². The molecular weight excluding hydrogens is 340 g/mol. The quantitative estimate of drug-likeness (QED) is 0.502. The van der Waals surface area contributed by atoms with Gasteiger partial charge in [0.25, 0.3) is 0 Å². The van der Waals surface area contributed by atoms with Gasteiger partial charge < -0.3 is 4.90 Å². The van der Waals surface area contributed by atoms with E-state index in [1.807, 2.05) is 31.1 Å². The minimum absolute atomic E-state index is 0.107. The zero-order valence-corrected chi connectivity index (χ0v) is 13.3. The number of hydrogen-bond donors (Lipinski definition) is 2. The average Bonchev–Trinajstić information content (AvgIpc) is 2.48. The zero-order valence-electron chi connectivity index (χ0n) is 11.7. The third-order valence-corrected chi connectivity index (χ3v) is 3.89. The van der Waals surface area contributed by atoms with Crippen molar-refractivity contribution in [1.82, 2.24) is 5.43 Å². The van der Waals surface area contributed by atoms with Crippen molar-refractivity contribution in [2.45, 2.75) is 6.04 Å². The van der Waals surface area contributed by atoms with Gasteiger partial charge in [-0.1, -0.05) is 12.1 Å². The van der Waals surface area contributed by atoms with Crippen molar-refractivity contribution >= 4 is 21.6 Å². The Morgan fingerprint density at radius 2 is 1.71 bits per heavy atom. The van der Waals surface area contributed by atoms with Crippen LogP contribution in [0.3, 0.4) is 0 Å². The van der Waals surface area contributed by atoms with Crippen LogP contribution < -0.4 is 16.2 Å². The van der Waals surface area contributed by atoms with Crippen LogP contribution in [0.25, 0.3) is 0 Å². The number of nitrogens with one attached hydrogen (secondary N) is 1. The van der Waals surface area contributed by atoms with Crippen molar-refractivity contribution in [3.05, 3.63) is 63.6 Å². The number of benzene rings is 2. The molecule has 0 saturated carbocycles. The lowest BCUT2D eigenvalue weighted by molar-refractivity contribution is 0.507. The highest BCUT2D eigenvalue weighted by molar-refractivity contribution is 9.10. The molecule has 0 saturated heterocycles. The first-order chi connectivity index (χ1) is 9.95. The molecule has 2 rings (SSSR count). The molecule has 0 aliphatic rings. The fraction of sp³-hybridized carbons (Fsp3) is 0.200. The van der Waals surface area contributed by atoms with Gasteiger partial charge in [0.05, 0.1) is 10.5 Å². The second-order valence-corrected chi connectivity index (χ2v) is 5.70. The van der Waals surface area contributed by atoms with Crippen LogP contribution in [-0.4, -0.2) is 14.1 Å². The summed E-state index contributed by atoms with van der Waals surface area (Å²) in [5.74, 6) is 4.21. The first-order valence-corrected chi connectivity index (χ1v) is 7.11. The molecule has 0 aromatic heterocycles. The summed E-state index contributed by atoms with van der Waals surface area (Å²) in [5, 5.41) is 0. The number of hydrazine groups is 1. The molecule has 21 heavy (non-hydrogen) atoms. The first-order valence-electron chi connectivity index (χ1n) is 6.32. The van der Waals surface area contributed by atoms with Crippen LogP contribution in [0.2, 0.25) is 0 Å². The molecule has 2 aromatic rings. The van der Waals surface area contributed by atoms with E-state index in [-0.39, 0.29) is 10.0 Å². The van der Waals surface area contributed by atoms with E-state index in [2.05, 4.69) is 21.4 Å². The molecule has 0 heterocycles. The van der Waals surface area contributed by atoms with Gasteiger partial charge in [-0.15, -0.1) is 0 Å². The summed E-state index contributed by atoms with van der Waals surface area (Å²) in [6.45, 7) is 0. The van der Waals surface area contributed by atoms with E-state index < -0.39 is 17.7 Å². The van der Waals surface area contributed by atoms with Crippen LogP contribution in [-0.2, 0) is 0 Å². The van der Waals surface area contributed by atoms with E-state index in [1.54, 1.807) is 12.1 Å². The Kier molecular flexibility index (Phi) is 4.92. The predicted molar refractivity (Wildman–Crippen MR) is 84.0 cm³/mol. The SMILES string of the molecule is CN(C)c1ccc(C(NN)c2c(F)ccc(Br)c2F)cc1. The molecule has 6 heteroatoms. The molecule has 3 N–H and O–H groups in total.